The normalized spacial score (nSPS) is 23.2. The molecular weight excluding hydrogens is 162 g/mol. The molecule has 2 rings (SSSR count). The van der Waals surface area contributed by atoms with Crippen LogP contribution in [0.2, 0.25) is 0 Å². The van der Waals surface area contributed by atoms with E-state index in [9.17, 15) is 0 Å². The fraction of sp³-hybridized carbons (Fsp3) is 0.600. The summed E-state index contributed by atoms with van der Waals surface area (Å²) in [5.41, 5.74) is 0. The van der Waals surface area contributed by atoms with Crippen LogP contribution in [-0.2, 0) is 0 Å². The van der Waals surface area contributed by atoms with Crippen LogP contribution in [0.5, 0.6) is 0 Å². The van der Waals surface area contributed by atoms with Gasteiger partial charge in [0.25, 0.3) is 0 Å². The van der Waals surface area contributed by atoms with E-state index in [1.165, 1.54) is 12.8 Å². The molecule has 0 N–H and O–H groups in total. The number of rotatable bonds is 1. The highest BCUT2D eigenvalue weighted by Crippen LogP contribution is 2.18. The number of hydrogen-bond acceptors (Lipinski definition) is 3. The SMILES string of the molecule is CC1CCCN(c2ncccn2)C1. The molecule has 13 heavy (non-hydrogen) atoms. The lowest BCUT2D eigenvalue weighted by molar-refractivity contribution is 0.442. The molecule has 3 heteroatoms. The second-order valence-corrected chi connectivity index (χ2v) is 3.74. The van der Waals surface area contributed by atoms with Crippen molar-refractivity contribution in [1.29, 1.82) is 0 Å². The highest BCUT2D eigenvalue weighted by Gasteiger charge is 2.17. The largest absolute Gasteiger partial charge is 0.341 e. The van der Waals surface area contributed by atoms with Crippen molar-refractivity contribution in [3.63, 3.8) is 0 Å². The Morgan fingerprint density at radius 2 is 2.15 bits per heavy atom. The standard InChI is InChI=1S/C10H15N3/c1-9-4-2-7-13(8-9)10-11-5-3-6-12-10/h3,5-6,9H,2,4,7-8H2,1H3. The number of piperidine rings is 1. The lowest BCUT2D eigenvalue weighted by atomic mass is 10.0. The number of hydrogen-bond donors (Lipinski definition) is 0. The summed E-state index contributed by atoms with van der Waals surface area (Å²) >= 11 is 0. The maximum absolute atomic E-state index is 4.25. The van der Waals surface area contributed by atoms with E-state index in [2.05, 4.69) is 21.8 Å². The molecule has 1 aliphatic heterocycles. The van der Waals surface area contributed by atoms with Crippen molar-refractivity contribution < 1.29 is 0 Å². The Kier molecular flexibility index (Phi) is 2.43. The third-order valence-corrected chi connectivity index (χ3v) is 2.49. The van der Waals surface area contributed by atoms with Crippen molar-refractivity contribution in [2.75, 3.05) is 18.0 Å². The zero-order valence-electron chi connectivity index (χ0n) is 7.98. The van der Waals surface area contributed by atoms with Crippen molar-refractivity contribution in [3.05, 3.63) is 18.5 Å². The summed E-state index contributed by atoms with van der Waals surface area (Å²) in [6.07, 6.45) is 6.21. The Labute approximate surface area is 78.8 Å². The molecule has 1 atom stereocenters. The molecule has 0 aromatic carbocycles. The van der Waals surface area contributed by atoms with Gasteiger partial charge in [-0.2, -0.15) is 0 Å². The molecule has 0 bridgehead atoms. The van der Waals surface area contributed by atoms with E-state index in [-0.39, 0.29) is 0 Å². The molecule has 1 aliphatic rings. The van der Waals surface area contributed by atoms with Gasteiger partial charge in [0.15, 0.2) is 0 Å². The Bertz CT molecular complexity index is 260. The van der Waals surface area contributed by atoms with Crippen LogP contribution < -0.4 is 4.90 Å². The topological polar surface area (TPSA) is 29.0 Å². The summed E-state index contributed by atoms with van der Waals surface area (Å²) in [6.45, 7) is 4.49. The van der Waals surface area contributed by atoms with Gasteiger partial charge in [-0.3, -0.25) is 0 Å². The van der Waals surface area contributed by atoms with Crippen molar-refractivity contribution in [2.24, 2.45) is 5.92 Å². The molecule has 3 nitrogen and oxygen atoms in total. The quantitative estimate of drug-likeness (QED) is 0.654. The van der Waals surface area contributed by atoms with E-state index in [0.29, 0.717) is 0 Å². The van der Waals surface area contributed by atoms with Crippen molar-refractivity contribution in [2.45, 2.75) is 19.8 Å². The second kappa shape index (κ2) is 3.73. The van der Waals surface area contributed by atoms with Crippen molar-refractivity contribution in [1.82, 2.24) is 9.97 Å². The lowest BCUT2D eigenvalue weighted by Crippen LogP contribution is -2.35. The van der Waals surface area contributed by atoms with E-state index >= 15 is 0 Å². The molecule has 0 aliphatic carbocycles. The van der Waals surface area contributed by atoms with Gasteiger partial charge in [0.05, 0.1) is 0 Å². The minimum absolute atomic E-state index is 0.776. The van der Waals surface area contributed by atoms with Gasteiger partial charge in [0, 0.05) is 25.5 Å². The van der Waals surface area contributed by atoms with Crippen molar-refractivity contribution >= 4 is 5.95 Å². The molecule has 1 unspecified atom stereocenters. The number of anilines is 1. The predicted molar refractivity (Wildman–Crippen MR) is 52.6 cm³/mol. The maximum atomic E-state index is 4.25. The zero-order chi connectivity index (χ0) is 9.10. The zero-order valence-corrected chi connectivity index (χ0v) is 7.98. The highest BCUT2D eigenvalue weighted by molar-refractivity contribution is 5.28. The van der Waals surface area contributed by atoms with Crippen molar-refractivity contribution in [3.8, 4) is 0 Å². The minimum Gasteiger partial charge on any atom is -0.341 e. The first-order valence-electron chi connectivity index (χ1n) is 4.88. The first-order chi connectivity index (χ1) is 6.36. The Morgan fingerprint density at radius 3 is 2.85 bits per heavy atom. The van der Waals surface area contributed by atoms with Crippen LogP contribution in [0.1, 0.15) is 19.8 Å². The van der Waals surface area contributed by atoms with Gasteiger partial charge in [-0.25, -0.2) is 9.97 Å². The van der Waals surface area contributed by atoms with E-state index < -0.39 is 0 Å². The monoisotopic (exact) mass is 177 g/mol. The summed E-state index contributed by atoms with van der Waals surface area (Å²) in [5.74, 6) is 1.66. The van der Waals surface area contributed by atoms with Gasteiger partial charge >= 0.3 is 0 Å². The summed E-state index contributed by atoms with van der Waals surface area (Å²) in [5, 5.41) is 0. The molecule has 2 heterocycles. The summed E-state index contributed by atoms with van der Waals surface area (Å²) < 4.78 is 0. The molecule has 0 saturated carbocycles. The van der Waals surface area contributed by atoms with Crippen LogP contribution >= 0.6 is 0 Å². The van der Waals surface area contributed by atoms with Crippen LogP contribution in [0.3, 0.4) is 0 Å². The van der Waals surface area contributed by atoms with Gasteiger partial charge in [-0.1, -0.05) is 6.92 Å². The second-order valence-electron chi connectivity index (χ2n) is 3.74. The minimum atomic E-state index is 0.776. The Hall–Kier alpha value is -1.12. The van der Waals surface area contributed by atoms with E-state index in [1.807, 2.05) is 18.5 Å². The smallest absolute Gasteiger partial charge is 0.225 e. The molecule has 0 radical (unpaired) electrons. The molecule has 1 fully saturated rings. The van der Waals surface area contributed by atoms with Crippen LogP contribution in [0.4, 0.5) is 5.95 Å². The maximum Gasteiger partial charge on any atom is 0.225 e. The van der Waals surface area contributed by atoms with Crippen LogP contribution in [0.25, 0.3) is 0 Å². The van der Waals surface area contributed by atoms with Gasteiger partial charge in [0.1, 0.15) is 0 Å². The van der Waals surface area contributed by atoms with Crippen LogP contribution in [0.15, 0.2) is 18.5 Å². The fourth-order valence-electron chi connectivity index (χ4n) is 1.83. The highest BCUT2D eigenvalue weighted by atomic mass is 15.2. The number of nitrogens with zero attached hydrogens (tertiary/aromatic N) is 3. The molecule has 0 spiro atoms. The summed E-state index contributed by atoms with van der Waals surface area (Å²) in [7, 11) is 0. The first-order valence-corrected chi connectivity index (χ1v) is 4.88. The van der Waals surface area contributed by atoms with Gasteiger partial charge in [-0.15, -0.1) is 0 Å². The van der Waals surface area contributed by atoms with Crippen LogP contribution in [-0.4, -0.2) is 23.1 Å². The number of aromatic nitrogens is 2. The molecule has 0 amide bonds. The third kappa shape index (κ3) is 1.97. The lowest BCUT2D eigenvalue weighted by Gasteiger charge is -2.30. The fourth-order valence-corrected chi connectivity index (χ4v) is 1.83. The molecule has 1 aromatic rings. The van der Waals surface area contributed by atoms with Crippen LogP contribution in [0, 0.1) is 5.92 Å². The average Bonchev–Trinajstić information content (AvgIpc) is 2.19. The molecule has 70 valence electrons. The van der Waals surface area contributed by atoms with Gasteiger partial charge in [-0.05, 0) is 24.8 Å². The molecular formula is C10H15N3. The summed E-state index contributed by atoms with van der Waals surface area (Å²) in [6, 6.07) is 1.86. The van der Waals surface area contributed by atoms with Gasteiger partial charge in [0.2, 0.25) is 5.95 Å². The summed E-state index contributed by atoms with van der Waals surface area (Å²) in [4.78, 5) is 10.8. The Morgan fingerprint density at radius 1 is 1.38 bits per heavy atom. The first kappa shape index (κ1) is 8.48. The Balaban J connectivity index is 2.08. The molecule has 1 saturated heterocycles. The average molecular weight is 177 g/mol. The predicted octanol–water partition coefficient (Wildman–Crippen LogP) is 1.71. The molecule has 1 aromatic heterocycles. The third-order valence-electron chi connectivity index (χ3n) is 2.49. The van der Waals surface area contributed by atoms with E-state index in [1.54, 1.807) is 0 Å². The van der Waals surface area contributed by atoms with E-state index in [0.717, 1.165) is 25.0 Å². The van der Waals surface area contributed by atoms with E-state index in [4.69, 9.17) is 0 Å². The van der Waals surface area contributed by atoms with Gasteiger partial charge < -0.3 is 4.90 Å².